The van der Waals surface area contributed by atoms with Crippen LogP contribution in [0.25, 0.3) is 11.6 Å². The number of rotatable bonds is 7. The Bertz CT molecular complexity index is 959. The highest BCUT2D eigenvalue weighted by molar-refractivity contribution is 5.49. The normalized spacial score (nSPS) is 11.0. The van der Waals surface area contributed by atoms with Gasteiger partial charge < -0.3 is 14.1 Å². The summed E-state index contributed by atoms with van der Waals surface area (Å²) in [4.78, 5) is 15.9. The third kappa shape index (κ3) is 3.49. The maximum atomic E-state index is 5.76. The van der Waals surface area contributed by atoms with Gasteiger partial charge in [0.25, 0.3) is 0 Å². The zero-order chi connectivity index (χ0) is 17.8. The van der Waals surface area contributed by atoms with Crippen LogP contribution < -0.4 is 4.74 Å². The van der Waals surface area contributed by atoms with E-state index in [1.165, 1.54) is 6.39 Å². The first-order chi connectivity index (χ1) is 12.8. The van der Waals surface area contributed by atoms with Gasteiger partial charge in [0.1, 0.15) is 12.4 Å². The van der Waals surface area contributed by atoms with Crippen LogP contribution in [-0.4, -0.2) is 29.7 Å². The minimum Gasteiger partial charge on any atom is -0.486 e. The molecule has 0 radical (unpaired) electrons. The van der Waals surface area contributed by atoms with Crippen LogP contribution >= 0.6 is 0 Å². The van der Waals surface area contributed by atoms with Crippen molar-refractivity contribution >= 4 is 0 Å². The van der Waals surface area contributed by atoms with Crippen molar-refractivity contribution in [2.45, 2.75) is 26.5 Å². The largest absolute Gasteiger partial charge is 0.486 e. The van der Waals surface area contributed by atoms with Crippen molar-refractivity contribution in [1.82, 2.24) is 29.7 Å². The van der Waals surface area contributed by atoms with E-state index in [1.54, 1.807) is 12.5 Å². The van der Waals surface area contributed by atoms with Gasteiger partial charge in [-0.05, 0) is 19.1 Å². The lowest BCUT2D eigenvalue weighted by atomic mass is 10.3. The van der Waals surface area contributed by atoms with Crippen LogP contribution in [0.4, 0.5) is 0 Å². The lowest BCUT2D eigenvalue weighted by molar-refractivity contribution is 0.295. The highest BCUT2D eigenvalue weighted by atomic mass is 16.5. The molecule has 132 valence electrons. The Morgan fingerprint density at radius 2 is 2.12 bits per heavy atom. The lowest BCUT2D eigenvalue weighted by Crippen LogP contribution is -2.06. The Labute approximate surface area is 149 Å². The molecule has 8 nitrogen and oxygen atoms in total. The van der Waals surface area contributed by atoms with Gasteiger partial charge in [0.05, 0.1) is 12.0 Å². The number of aryl methyl sites for hydroxylation is 3. The standard InChI is InChI=1S/C18H18N6O2/c1-13-17(26-12-21-13)18-22-16(10-25-15-5-3-2-4-6-15)23-24(18)8-7-14-9-19-11-20-14/h2-6,9,11-12H,7-8,10H2,1H3,(H,19,20). The van der Waals surface area contributed by atoms with Gasteiger partial charge in [0.2, 0.25) is 0 Å². The zero-order valence-corrected chi connectivity index (χ0v) is 14.3. The Hall–Kier alpha value is -3.42. The van der Waals surface area contributed by atoms with Crippen molar-refractivity contribution < 1.29 is 9.15 Å². The van der Waals surface area contributed by atoms with Gasteiger partial charge in [-0.1, -0.05) is 18.2 Å². The zero-order valence-electron chi connectivity index (χ0n) is 14.3. The molecule has 4 rings (SSSR count). The molecule has 1 N–H and O–H groups in total. The van der Waals surface area contributed by atoms with Crippen LogP contribution in [0, 0.1) is 6.92 Å². The van der Waals surface area contributed by atoms with Crippen molar-refractivity contribution in [1.29, 1.82) is 0 Å². The Morgan fingerprint density at radius 1 is 1.23 bits per heavy atom. The second kappa shape index (κ2) is 7.22. The summed E-state index contributed by atoms with van der Waals surface area (Å²) in [5.41, 5.74) is 1.80. The molecule has 0 fully saturated rings. The number of nitrogens with one attached hydrogen (secondary N) is 1. The maximum Gasteiger partial charge on any atom is 0.196 e. The van der Waals surface area contributed by atoms with Crippen molar-refractivity contribution in [3.05, 3.63) is 66.5 Å². The molecule has 0 aliphatic carbocycles. The van der Waals surface area contributed by atoms with E-state index in [9.17, 15) is 0 Å². The van der Waals surface area contributed by atoms with E-state index in [0.29, 0.717) is 24.0 Å². The summed E-state index contributed by atoms with van der Waals surface area (Å²) in [6.45, 7) is 2.80. The van der Waals surface area contributed by atoms with E-state index in [0.717, 1.165) is 23.6 Å². The number of benzene rings is 1. The first kappa shape index (κ1) is 16.1. The average molecular weight is 350 g/mol. The molecular formula is C18H18N6O2. The number of nitrogens with zero attached hydrogens (tertiary/aromatic N) is 5. The lowest BCUT2D eigenvalue weighted by Gasteiger charge is -2.03. The van der Waals surface area contributed by atoms with Crippen LogP contribution in [0.1, 0.15) is 17.2 Å². The molecule has 0 bridgehead atoms. The number of oxazole rings is 1. The van der Waals surface area contributed by atoms with Crippen LogP contribution in [0.5, 0.6) is 5.75 Å². The van der Waals surface area contributed by atoms with Crippen molar-refractivity contribution in [3.8, 4) is 17.3 Å². The van der Waals surface area contributed by atoms with Crippen LogP contribution in [-0.2, 0) is 19.6 Å². The third-order valence-electron chi connectivity index (χ3n) is 3.92. The maximum absolute atomic E-state index is 5.76. The Kier molecular flexibility index (Phi) is 4.46. The summed E-state index contributed by atoms with van der Waals surface area (Å²) in [6.07, 6.45) is 5.63. The van der Waals surface area contributed by atoms with Crippen molar-refractivity contribution in [2.24, 2.45) is 0 Å². The van der Waals surface area contributed by atoms with E-state index >= 15 is 0 Å². The topological polar surface area (TPSA) is 94.7 Å². The molecule has 0 spiro atoms. The molecule has 8 heteroatoms. The van der Waals surface area contributed by atoms with Gasteiger partial charge in [-0.2, -0.15) is 5.10 Å². The summed E-state index contributed by atoms with van der Waals surface area (Å²) < 4.78 is 13.1. The minimum absolute atomic E-state index is 0.279. The quantitative estimate of drug-likeness (QED) is 0.551. The summed E-state index contributed by atoms with van der Waals surface area (Å²) >= 11 is 0. The molecule has 0 saturated carbocycles. The summed E-state index contributed by atoms with van der Waals surface area (Å²) in [5, 5.41) is 4.58. The number of ether oxygens (including phenoxy) is 1. The first-order valence-corrected chi connectivity index (χ1v) is 8.29. The predicted octanol–water partition coefficient (Wildman–Crippen LogP) is 2.79. The predicted molar refractivity (Wildman–Crippen MR) is 93.3 cm³/mol. The fourth-order valence-electron chi connectivity index (χ4n) is 2.60. The number of aromatic amines is 1. The van der Waals surface area contributed by atoms with Crippen LogP contribution in [0.3, 0.4) is 0 Å². The fraction of sp³-hybridized carbons (Fsp3) is 0.222. The summed E-state index contributed by atoms with van der Waals surface area (Å²) in [6, 6.07) is 9.59. The number of aromatic nitrogens is 6. The summed E-state index contributed by atoms with van der Waals surface area (Å²) in [5.74, 6) is 2.63. The number of hydrogen-bond donors (Lipinski definition) is 1. The van der Waals surface area contributed by atoms with Gasteiger partial charge in [0.15, 0.2) is 23.8 Å². The second-order valence-electron chi connectivity index (χ2n) is 5.77. The number of H-pyrrole nitrogens is 1. The smallest absolute Gasteiger partial charge is 0.196 e. The van der Waals surface area contributed by atoms with Crippen LogP contribution in [0.2, 0.25) is 0 Å². The molecule has 4 aromatic rings. The molecule has 3 heterocycles. The Balaban J connectivity index is 1.56. The molecule has 3 aromatic heterocycles. The molecule has 0 amide bonds. The minimum atomic E-state index is 0.279. The van der Waals surface area contributed by atoms with E-state index in [-0.39, 0.29) is 6.61 Å². The number of hydrogen-bond acceptors (Lipinski definition) is 6. The van der Waals surface area contributed by atoms with E-state index < -0.39 is 0 Å². The number of imidazole rings is 1. The van der Waals surface area contributed by atoms with Gasteiger partial charge in [-0.15, -0.1) is 0 Å². The monoisotopic (exact) mass is 350 g/mol. The molecule has 0 aliphatic rings. The molecular weight excluding hydrogens is 332 g/mol. The summed E-state index contributed by atoms with van der Waals surface area (Å²) in [7, 11) is 0. The van der Waals surface area contributed by atoms with Gasteiger partial charge >= 0.3 is 0 Å². The third-order valence-corrected chi connectivity index (χ3v) is 3.92. The van der Waals surface area contributed by atoms with Crippen LogP contribution in [0.15, 0.2) is 53.7 Å². The SMILES string of the molecule is Cc1ncoc1-c1nc(COc2ccccc2)nn1CCc1cnc[nH]1. The van der Waals surface area contributed by atoms with Gasteiger partial charge in [-0.3, -0.25) is 0 Å². The molecule has 1 aromatic carbocycles. The number of para-hydroxylation sites is 1. The first-order valence-electron chi connectivity index (χ1n) is 8.29. The molecule has 26 heavy (non-hydrogen) atoms. The second-order valence-corrected chi connectivity index (χ2v) is 5.77. The fourth-order valence-corrected chi connectivity index (χ4v) is 2.60. The molecule has 0 atom stereocenters. The van der Waals surface area contributed by atoms with E-state index in [2.05, 4.69) is 25.0 Å². The van der Waals surface area contributed by atoms with Crippen molar-refractivity contribution in [3.63, 3.8) is 0 Å². The van der Waals surface area contributed by atoms with E-state index in [1.807, 2.05) is 41.9 Å². The molecule has 0 unspecified atom stereocenters. The van der Waals surface area contributed by atoms with E-state index in [4.69, 9.17) is 9.15 Å². The van der Waals surface area contributed by atoms with Gasteiger partial charge in [-0.25, -0.2) is 19.6 Å². The molecule has 0 saturated heterocycles. The average Bonchev–Trinajstić information content (AvgIpc) is 3.40. The Morgan fingerprint density at radius 3 is 2.85 bits per heavy atom. The highest BCUT2D eigenvalue weighted by Crippen LogP contribution is 2.21. The van der Waals surface area contributed by atoms with Gasteiger partial charge in [0, 0.05) is 24.9 Å². The highest BCUT2D eigenvalue weighted by Gasteiger charge is 2.18. The van der Waals surface area contributed by atoms with Crippen molar-refractivity contribution in [2.75, 3.05) is 0 Å². The molecule has 0 aliphatic heterocycles.